The number of aliphatic hydroxyl groups excluding tert-OH is 1. The number of likely N-dealkylation sites (tertiary alicyclic amines) is 1. The van der Waals surface area contributed by atoms with E-state index < -0.39 is 27.4 Å². The fourth-order valence-electron chi connectivity index (χ4n) is 5.57. The van der Waals surface area contributed by atoms with Gasteiger partial charge in [0.2, 0.25) is 11.8 Å². The van der Waals surface area contributed by atoms with Crippen LogP contribution in [0.2, 0.25) is 0 Å². The number of unbranched alkanes of at least 4 members (excludes halogenated alkanes) is 1. The van der Waals surface area contributed by atoms with Crippen molar-refractivity contribution in [3.63, 3.8) is 0 Å². The highest BCUT2D eigenvalue weighted by Gasteiger charge is 2.73. The SMILES string of the molecule is CCCCN1CC=C[C@]23S[C@@]4(C)C=CCCOC(=O)[C@H]4[C@H]2C(=O)N(CCCO)C3C1=O. The van der Waals surface area contributed by atoms with Crippen LogP contribution >= 0.6 is 11.8 Å². The number of cyclic esters (lactones) is 1. The number of thioether (sulfide) groups is 1. The minimum absolute atomic E-state index is 0.0587. The Bertz CT molecular complexity index is 814. The van der Waals surface area contributed by atoms with E-state index in [0.717, 1.165) is 12.8 Å². The zero-order chi connectivity index (χ0) is 22.2. The molecule has 1 spiro atoms. The molecule has 1 N–H and O–H groups in total. The number of hydrogen-bond acceptors (Lipinski definition) is 6. The first kappa shape index (κ1) is 22.4. The van der Waals surface area contributed by atoms with Crippen molar-refractivity contribution in [3.8, 4) is 0 Å². The molecule has 2 fully saturated rings. The second-order valence-electron chi connectivity index (χ2n) is 9.00. The molecule has 8 heteroatoms. The average Bonchev–Trinajstić information content (AvgIpc) is 3.05. The Morgan fingerprint density at radius 3 is 2.68 bits per heavy atom. The number of hydrogen-bond donors (Lipinski definition) is 1. The van der Waals surface area contributed by atoms with Crippen molar-refractivity contribution in [1.82, 2.24) is 9.80 Å². The van der Waals surface area contributed by atoms with Crippen LogP contribution in [-0.2, 0) is 19.1 Å². The lowest BCUT2D eigenvalue weighted by Crippen LogP contribution is -2.53. The Labute approximate surface area is 187 Å². The van der Waals surface area contributed by atoms with Crippen molar-refractivity contribution < 1.29 is 24.2 Å². The van der Waals surface area contributed by atoms with E-state index in [1.165, 1.54) is 0 Å². The number of aliphatic hydroxyl groups is 1. The van der Waals surface area contributed by atoms with E-state index in [1.807, 2.05) is 36.1 Å². The highest BCUT2D eigenvalue weighted by molar-refractivity contribution is 8.02. The molecule has 0 aliphatic carbocycles. The fraction of sp³-hybridized carbons (Fsp3) is 0.696. The van der Waals surface area contributed by atoms with Gasteiger partial charge in [0.25, 0.3) is 0 Å². The van der Waals surface area contributed by atoms with Crippen molar-refractivity contribution >= 4 is 29.5 Å². The van der Waals surface area contributed by atoms with Gasteiger partial charge in [0, 0.05) is 31.0 Å². The second-order valence-corrected chi connectivity index (χ2v) is 10.8. The number of carbonyl (C=O) groups excluding carboxylic acids is 3. The molecule has 0 bridgehead atoms. The third-order valence-electron chi connectivity index (χ3n) is 6.94. The van der Waals surface area contributed by atoms with Crippen LogP contribution in [0.5, 0.6) is 0 Å². The summed E-state index contributed by atoms with van der Waals surface area (Å²) in [4.78, 5) is 44.1. The number of fused-ring (bicyclic) bond motifs is 2. The number of esters is 1. The summed E-state index contributed by atoms with van der Waals surface area (Å²) in [6.07, 6.45) is 11.0. The second kappa shape index (κ2) is 8.62. The van der Waals surface area contributed by atoms with E-state index in [-0.39, 0.29) is 24.4 Å². The molecule has 2 saturated heterocycles. The number of rotatable bonds is 6. The summed E-state index contributed by atoms with van der Waals surface area (Å²) in [5.74, 6) is -1.91. The highest BCUT2D eigenvalue weighted by atomic mass is 32.2. The Balaban J connectivity index is 1.81. The molecule has 0 aromatic heterocycles. The zero-order valence-electron chi connectivity index (χ0n) is 18.3. The van der Waals surface area contributed by atoms with E-state index in [0.29, 0.717) is 39.1 Å². The zero-order valence-corrected chi connectivity index (χ0v) is 19.1. The first-order chi connectivity index (χ1) is 14.9. The molecule has 31 heavy (non-hydrogen) atoms. The van der Waals surface area contributed by atoms with E-state index in [4.69, 9.17) is 4.74 Å². The Morgan fingerprint density at radius 1 is 1.13 bits per heavy atom. The molecule has 4 aliphatic heterocycles. The van der Waals surface area contributed by atoms with Gasteiger partial charge in [-0.15, -0.1) is 11.8 Å². The summed E-state index contributed by atoms with van der Waals surface area (Å²) in [5.41, 5.74) is 0. The standard InChI is InChI=1S/C23H32N2O5S/c1-3-4-11-24-12-7-10-23-16(19(27)25(13-8-14-26)18(23)20(24)28)17-21(29)30-15-6-5-9-22(17,2)31-23/h5,7,9-10,16-18,26H,3-4,6,8,11-15H2,1-2H3/t16-,17+,18?,22-,23-/m0/s1. The Hall–Kier alpha value is -1.80. The van der Waals surface area contributed by atoms with Gasteiger partial charge in [-0.2, -0.15) is 0 Å². The Kier molecular flexibility index (Phi) is 6.23. The van der Waals surface area contributed by atoms with Gasteiger partial charge in [-0.05, 0) is 26.2 Å². The topological polar surface area (TPSA) is 87.2 Å². The van der Waals surface area contributed by atoms with Crippen LogP contribution in [0.4, 0.5) is 0 Å². The smallest absolute Gasteiger partial charge is 0.311 e. The summed E-state index contributed by atoms with van der Waals surface area (Å²) in [5, 5.41) is 9.40. The molecule has 5 atom stereocenters. The normalized spacial score (nSPS) is 37.1. The number of carbonyl (C=O) groups is 3. The van der Waals surface area contributed by atoms with Crippen LogP contribution in [0.3, 0.4) is 0 Å². The third kappa shape index (κ3) is 3.52. The first-order valence-electron chi connectivity index (χ1n) is 11.3. The van der Waals surface area contributed by atoms with Crippen LogP contribution in [0.1, 0.15) is 39.5 Å². The molecule has 4 heterocycles. The van der Waals surface area contributed by atoms with Crippen LogP contribution in [0.15, 0.2) is 24.3 Å². The lowest BCUT2D eigenvalue weighted by atomic mass is 9.74. The van der Waals surface area contributed by atoms with Crippen LogP contribution in [0, 0.1) is 11.8 Å². The van der Waals surface area contributed by atoms with Gasteiger partial charge in [-0.3, -0.25) is 14.4 Å². The van der Waals surface area contributed by atoms with Crippen LogP contribution in [0.25, 0.3) is 0 Å². The summed E-state index contributed by atoms with van der Waals surface area (Å²) < 4.78 is 4.07. The van der Waals surface area contributed by atoms with Crippen molar-refractivity contribution in [2.24, 2.45) is 11.8 Å². The largest absolute Gasteiger partial charge is 0.465 e. The van der Waals surface area contributed by atoms with E-state index in [9.17, 15) is 19.5 Å². The maximum atomic E-state index is 13.8. The van der Waals surface area contributed by atoms with Gasteiger partial charge in [-0.1, -0.05) is 37.6 Å². The monoisotopic (exact) mass is 448 g/mol. The molecular weight excluding hydrogens is 416 g/mol. The van der Waals surface area contributed by atoms with Gasteiger partial charge in [-0.25, -0.2) is 0 Å². The first-order valence-corrected chi connectivity index (χ1v) is 12.1. The maximum Gasteiger partial charge on any atom is 0.311 e. The predicted molar refractivity (Wildman–Crippen MR) is 118 cm³/mol. The Morgan fingerprint density at radius 2 is 1.94 bits per heavy atom. The van der Waals surface area contributed by atoms with Crippen LogP contribution < -0.4 is 0 Å². The minimum Gasteiger partial charge on any atom is -0.465 e. The quantitative estimate of drug-likeness (QED) is 0.492. The molecule has 1 unspecified atom stereocenters. The number of amides is 2. The predicted octanol–water partition coefficient (Wildman–Crippen LogP) is 1.76. The van der Waals surface area contributed by atoms with Gasteiger partial charge in [0.15, 0.2) is 0 Å². The van der Waals surface area contributed by atoms with Gasteiger partial charge in [0.1, 0.15) is 6.04 Å². The molecule has 0 aromatic rings. The molecular formula is C23H32N2O5S. The molecule has 0 saturated carbocycles. The summed E-state index contributed by atoms with van der Waals surface area (Å²) in [7, 11) is 0. The number of ether oxygens (including phenoxy) is 1. The lowest BCUT2D eigenvalue weighted by molar-refractivity contribution is -0.154. The number of nitrogens with zero attached hydrogens (tertiary/aromatic N) is 2. The molecule has 0 radical (unpaired) electrons. The third-order valence-corrected chi connectivity index (χ3v) is 8.74. The molecule has 4 aliphatic rings. The molecule has 2 amide bonds. The highest BCUT2D eigenvalue weighted by Crippen LogP contribution is 2.65. The van der Waals surface area contributed by atoms with E-state index in [2.05, 4.69) is 6.92 Å². The molecule has 4 rings (SSSR count). The van der Waals surface area contributed by atoms with Gasteiger partial charge in [0.05, 0.1) is 23.2 Å². The van der Waals surface area contributed by atoms with E-state index >= 15 is 0 Å². The lowest BCUT2D eigenvalue weighted by Gasteiger charge is -2.37. The fourth-order valence-corrected chi connectivity index (χ4v) is 7.72. The van der Waals surface area contributed by atoms with Gasteiger partial charge < -0.3 is 19.6 Å². The van der Waals surface area contributed by atoms with E-state index in [1.54, 1.807) is 16.7 Å². The molecule has 0 aromatic carbocycles. The summed E-state index contributed by atoms with van der Waals surface area (Å²) in [6.45, 7) is 5.77. The summed E-state index contributed by atoms with van der Waals surface area (Å²) >= 11 is 1.56. The average molecular weight is 449 g/mol. The van der Waals surface area contributed by atoms with Crippen molar-refractivity contribution in [1.29, 1.82) is 0 Å². The molecule has 7 nitrogen and oxygen atoms in total. The van der Waals surface area contributed by atoms with Gasteiger partial charge >= 0.3 is 5.97 Å². The van der Waals surface area contributed by atoms with Crippen molar-refractivity contribution in [2.45, 2.75) is 55.1 Å². The van der Waals surface area contributed by atoms with Crippen LogP contribution in [-0.4, -0.2) is 81.1 Å². The maximum absolute atomic E-state index is 13.8. The minimum atomic E-state index is -0.822. The summed E-state index contributed by atoms with van der Waals surface area (Å²) in [6, 6.07) is -0.677. The molecule has 170 valence electrons. The van der Waals surface area contributed by atoms with Crippen molar-refractivity contribution in [3.05, 3.63) is 24.3 Å². The van der Waals surface area contributed by atoms with Crippen molar-refractivity contribution in [2.75, 3.05) is 32.8 Å².